The van der Waals surface area contributed by atoms with E-state index < -0.39 is 0 Å². The summed E-state index contributed by atoms with van der Waals surface area (Å²) in [5.74, 6) is -0.492. The molecule has 0 aliphatic carbocycles. The van der Waals surface area contributed by atoms with Crippen LogP contribution in [0.1, 0.15) is 0 Å². The fraction of sp³-hybridized carbons (Fsp3) is 0. The average Bonchev–Trinajstić information content (AvgIpc) is 2.08. The minimum Gasteiger partial charge on any atom is -0.506 e. The largest absolute Gasteiger partial charge is 0.506 e. The third-order valence-corrected chi connectivity index (χ3v) is 2.33. The maximum absolute atomic E-state index is 9.26. The van der Waals surface area contributed by atoms with Crippen LogP contribution in [0.2, 0.25) is 10.0 Å². The van der Waals surface area contributed by atoms with Crippen molar-refractivity contribution in [1.82, 2.24) is 0 Å². The number of rotatable bonds is 0. The molecule has 0 bridgehead atoms. The number of phenolic OH excluding ortho intramolecular Hbond substituents is 2. The van der Waals surface area contributed by atoms with Crippen LogP contribution in [-0.4, -0.2) is 10.2 Å². The molecule has 0 amide bonds. The zero-order valence-electron chi connectivity index (χ0n) is 6.06. The monoisotopic (exact) mass is 204 g/mol. The maximum Gasteiger partial charge on any atom is 0.143 e. The molecule has 0 heterocycles. The summed E-state index contributed by atoms with van der Waals surface area (Å²) in [6.45, 7) is 6.86. The van der Waals surface area contributed by atoms with Gasteiger partial charge in [0.2, 0.25) is 0 Å². The molecule has 0 spiro atoms. The van der Waals surface area contributed by atoms with Crippen LogP contribution in [0.3, 0.4) is 0 Å². The molecule has 64 valence electrons. The van der Waals surface area contributed by atoms with E-state index in [4.69, 9.17) is 23.2 Å². The van der Waals surface area contributed by atoms with Gasteiger partial charge < -0.3 is 10.2 Å². The molecule has 12 heavy (non-hydrogen) atoms. The van der Waals surface area contributed by atoms with Crippen LogP contribution in [0.5, 0.6) is 11.5 Å². The summed E-state index contributed by atoms with van der Waals surface area (Å²) in [6.07, 6.45) is 0. The van der Waals surface area contributed by atoms with Gasteiger partial charge in [-0.2, -0.15) is 0 Å². The van der Waals surface area contributed by atoms with E-state index in [1.54, 1.807) is 0 Å². The molecular formula is C8H6Cl2O2. The summed E-state index contributed by atoms with van der Waals surface area (Å²) in [7, 11) is 0. The quantitative estimate of drug-likeness (QED) is 0.625. The Bertz CT molecular complexity index is 350. The molecule has 0 aliphatic heterocycles. The lowest BCUT2D eigenvalue weighted by Gasteiger charge is -2.02. The third kappa shape index (κ3) is 1.13. The molecule has 0 saturated heterocycles. The number of hydrogen-bond acceptors (Lipinski definition) is 2. The van der Waals surface area contributed by atoms with Crippen LogP contribution in [0, 0.1) is 0 Å². The minimum absolute atomic E-state index is 0.0260. The predicted octanol–water partition coefficient (Wildman–Crippen LogP) is 1.23. The fourth-order valence-electron chi connectivity index (χ4n) is 0.759. The van der Waals surface area contributed by atoms with Gasteiger partial charge in [0.25, 0.3) is 0 Å². The van der Waals surface area contributed by atoms with Gasteiger partial charge in [0, 0.05) is 10.4 Å². The van der Waals surface area contributed by atoms with Crippen molar-refractivity contribution in [1.29, 1.82) is 0 Å². The van der Waals surface area contributed by atoms with Crippen LogP contribution < -0.4 is 10.4 Å². The van der Waals surface area contributed by atoms with Crippen molar-refractivity contribution >= 4 is 36.4 Å². The van der Waals surface area contributed by atoms with Crippen LogP contribution in [-0.2, 0) is 0 Å². The highest BCUT2D eigenvalue weighted by atomic mass is 35.5. The van der Waals surface area contributed by atoms with Gasteiger partial charge in [-0.3, -0.25) is 0 Å². The van der Waals surface area contributed by atoms with Gasteiger partial charge in [-0.15, -0.1) is 0 Å². The molecule has 0 unspecified atom stereocenters. The van der Waals surface area contributed by atoms with Gasteiger partial charge in [0.05, 0.1) is 10.0 Å². The van der Waals surface area contributed by atoms with Crippen molar-refractivity contribution in [2.24, 2.45) is 0 Å². The molecule has 0 saturated carbocycles. The van der Waals surface area contributed by atoms with Gasteiger partial charge in [-0.05, 0) is 0 Å². The lowest BCUT2D eigenvalue weighted by molar-refractivity contribution is 0.454. The molecule has 0 aliphatic rings. The molecule has 1 aromatic rings. The summed E-state index contributed by atoms with van der Waals surface area (Å²) in [4.78, 5) is 0. The number of aromatic hydroxyl groups is 2. The van der Waals surface area contributed by atoms with E-state index in [1.165, 1.54) is 0 Å². The Morgan fingerprint density at radius 3 is 1.33 bits per heavy atom. The zero-order chi connectivity index (χ0) is 9.46. The molecule has 0 radical (unpaired) electrons. The van der Waals surface area contributed by atoms with Crippen molar-refractivity contribution in [2.75, 3.05) is 0 Å². The molecule has 1 aromatic carbocycles. The Morgan fingerprint density at radius 1 is 0.833 bits per heavy atom. The summed E-state index contributed by atoms with van der Waals surface area (Å²) < 4.78 is 0. The van der Waals surface area contributed by atoms with Gasteiger partial charge in [-0.25, -0.2) is 0 Å². The lowest BCUT2D eigenvalue weighted by Crippen LogP contribution is -2.11. The number of phenols is 2. The molecule has 0 fully saturated rings. The van der Waals surface area contributed by atoms with Crippen molar-refractivity contribution in [3.63, 3.8) is 0 Å². The van der Waals surface area contributed by atoms with Crippen molar-refractivity contribution < 1.29 is 10.2 Å². The van der Waals surface area contributed by atoms with Gasteiger partial charge in [-0.1, -0.05) is 36.4 Å². The predicted molar refractivity (Wildman–Crippen MR) is 50.1 cm³/mol. The summed E-state index contributed by atoms with van der Waals surface area (Å²) in [6, 6.07) is 0. The smallest absolute Gasteiger partial charge is 0.143 e. The molecule has 0 aromatic heterocycles. The van der Waals surface area contributed by atoms with Crippen molar-refractivity contribution in [3.8, 4) is 11.5 Å². The summed E-state index contributed by atoms with van der Waals surface area (Å²) in [5, 5.41) is 18.7. The van der Waals surface area contributed by atoms with E-state index in [1.807, 2.05) is 0 Å². The zero-order valence-corrected chi connectivity index (χ0v) is 7.58. The van der Waals surface area contributed by atoms with Crippen molar-refractivity contribution in [2.45, 2.75) is 0 Å². The van der Waals surface area contributed by atoms with E-state index in [2.05, 4.69) is 13.2 Å². The molecule has 1 rings (SSSR count). The number of benzene rings is 1. The highest BCUT2D eigenvalue weighted by Gasteiger charge is 2.10. The Labute approximate surface area is 79.0 Å². The molecule has 2 N–H and O–H groups in total. The van der Waals surface area contributed by atoms with Crippen LogP contribution >= 0.6 is 23.2 Å². The van der Waals surface area contributed by atoms with Gasteiger partial charge in [0.1, 0.15) is 11.5 Å². The van der Waals surface area contributed by atoms with Gasteiger partial charge >= 0.3 is 0 Å². The number of hydrogen-bond donors (Lipinski definition) is 2. The van der Waals surface area contributed by atoms with Crippen molar-refractivity contribution in [3.05, 3.63) is 20.5 Å². The van der Waals surface area contributed by atoms with Crippen LogP contribution in [0.4, 0.5) is 0 Å². The first-order chi connectivity index (χ1) is 5.46. The second-order valence-corrected chi connectivity index (χ2v) is 3.04. The number of halogens is 2. The topological polar surface area (TPSA) is 40.5 Å². The molecule has 4 heteroatoms. The molecular weight excluding hydrogens is 199 g/mol. The Kier molecular flexibility index (Phi) is 2.22. The maximum atomic E-state index is 9.26. The van der Waals surface area contributed by atoms with E-state index in [0.717, 1.165) is 0 Å². The van der Waals surface area contributed by atoms with Crippen LogP contribution in [0.15, 0.2) is 0 Å². The molecule has 0 atom stereocenters. The summed E-state index contributed by atoms with van der Waals surface area (Å²) >= 11 is 11.2. The Morgan fingerprint density at radius 2 is 1.08 bits per heavy atom. The Hall–Kier alpha value is -0.860. The first kappa shape index (κ1) is 9.23. The first-order valence-corrected chi connectivity index (χ1v) is 3.79. The molecule has 2 nitrogen and oxygen atoms in total. The van der Waals surface area contributed by atoms with E-state index in [-0.39, 0.29) is 32.0 Å². The van der Waals surface area contributed by atoms with E-state index in [9.17, 15) is 10.2 Å². The van der Waals surface area contributed by atoms with E-state index in [0.29, 0.717) is 0 Å². The third-order valence-electron chi connectivity index (χ3n) is 1.52. The normalized spacial score (nSPS) is 10.2. The standard InChI is InChI=1S/C8H6Cl2O2/c1-3-5(9)8(12)4(2)6(10)7(3)11/h11-12H,1-2H2. The highest BCUT2D eigenvalue weighted by Crippen LogP contribution is 2.22. The minimum atomic E-state index is -0.246. The highest BCUT2D eigenvalue weighted by molar-refractivity contribution is 6.35. The average molecular weight is 205 g/mol. The van der Waals surface area contributed by atoms with Crippen LogP contribution in [0.25, 0.3) is 13.2 Å². The van der Waals surface area contributed by atoms with Gasteiger partial charge in [0.15, 0.2) is 0 Å². The first-order valence-electron chi connectivity index (χ1n) is 3.03. The second kappa shape index (κ2) is 2.88. The second-order valence-electron chi connectivity index (χ2n) is 2.28. The summed E-state index contributed by atoms with van der Waals surface area (Å²) in [5.41, 5.74) is 0. The fourth-order valence-corrected chi connectivity index (χ4v) is 1.17. The Balaban J connectivity index is 3.86. The lowest BCUT2D eigenvalue weighted by atomic mass is 10.2. The SMILES string of the molecule is C=c1c(O)c(Cl)c(=C)c(O)c1Cl. The van der Waals surface area contributed by atoms with E-state index >= 15 is 0 Å².